The van der Waals surface area contributed by atoms with Gasteiger partial charge in [-0.05, 0) is 30.3 Å². The molecule has 2 aliphatic heterocycles. The number of hydrogen-bond donors (Lipinski definition) is 1. The van der Waals surface area contributed by atoms with Crippen LogP contribution in [0.1, 0.15) is 13.3 Å². The van der Waals surface area contributed by atoms with Crippen LogP contribution < -0.4 is 10.2 Å². The van der Waals surface area contributed by atoms with Crippen molar-refractivity contribution < 1.29 is 14.5 Å². The van der Waals surface area contributed by atoms with E-state index in [1.165, 1.54) is 16.7 Å². The van der Waals surface area contributed by atoms with Crippen LogP contribution in [-0.2, 0) is 9.59 Å². The van der Waals surface area contributed by atoms with Gasteiger partial charge in [0.25, 0.3) is 0 Å². The Hall–Kier alpha value is -1.56. The lowest BCUT2D eigenvalue weighted by atomic mass is 10.3. The van der Waals surface area contributed by atoms with Gasteiger partial charge in [-0.25, -0.2) is 0 Å². The SMILES string of the molecule is CCC1SC(=S)NC1=O.O=C1C([N+](=O)[O-])SC(=S)N1c1ccccc1. The van der Waals surface area contributed by atoms with Crippen molar-refractivity contribution in [1.29, 1.82) is 0 Å². The molecule has 2 amide bonds. The van der Waals surface area contributed by atoms with Gasteiger partial charge >= 0.3 is 11.3 Å². The summed E-state index contributed by atoms with van der Waals surface area (Å²) in [5.74, 6) is -0.529. The third-order valence-corrected chi connectivity index (χ3v) is 6.16. The van der Waals surface area contributed by atoms with Crippen LogP contribution in [0.25, 0.3) is 0 Å². The van der Waals surface area contributed by atoms with E-state index in [1.54, 1.807) is 30.3 Å². The van der Waals surface area contributed by atoms with Gasteiger partial charge in [0.1, 0.15) is 4.32 Å². The first-order chi connectivity index (χ1) is 11.8. The Morgan fingerprint density at radius 1 is 1.24 bits per heavy atom. The van der Waals surface area contributed by atoms with E-state index in [-0.39, 0.29) is 15.5 Å². The van der Waals surface area contributed by atoms with E-state index in [4.69, 9.17) is 24.4 Å². The van der Waals surface area contributed by atoms with Gasteiger partial charge in [0.05, 0.1) is 10.9 Å². The molecule has 1 N–H and O–H groups in total. The Balaban J connectivity index is 0.000000212. The second-order valence-electron chi connectivity index (χ2n) is 4.82. The second-order valence-corrected chi connectivity index (χ2v) is 8.42. The lowest BCUT2D eigenvalue weighted by molar-refractivity contribution is -0.481. The molecule has 11 heteroatoms. The van der Waals surface area contributed by atoms with Crippen molar-refractivity contribution in [2.45, 2.75) is 24.0 Å². The Labute approximate surface area is 163 Å². The molecule has 1 aromatic carbocycles. The minimum absolute atomic E-state index is 0.0625. The van der Waals surface area contributed by atoms with Crippen LogP contribution >= 0.6 is 48.0 Å². The quantitative estimate of drug-likeness (QED) is 0.457. The minimum Gasteiger partial charge on any atom is -0.311 e. The number of nitrogens with zero attached hydrogens (tertiary/aromatic N) is 2. The van der Waals surface area contributed by atoms with Gasteiger partial charge < -0.3 is 5.32 Å². The van der Waals surface area contributed by atoms with Crippen molar-refractivity contribution in [2.75, 3.05) is 4.90 Å². The summed E-state index contributed by atoms with van der Waals surface area (Å²) in [7, 11) is 0. The zero-order valence-electron chi connectivity index (χ0n) is 12.9. The van der Waals surface area contributed by atoms with Crippen molar-refractivity contribution >= 4 is 74.1 Å². The molecular weight excluding hydrogens is 402 g/mol. The molecule has 0 saturated carbocycles. The van der Waals surface area contributed by atoms with Gasteiger partial charge in [-0.2, -0.15) is 0 Å². The maximum absolute atomic E-state index is 11.7. The average Bonchev–Trinajstić information content (AvgIpc) is 3.06. The predicted molar refractivity (Wildman–Crippen MR) is 107 cm³/mol. The monoisotopic (exact) mass is 415 g/mol. The van der Waals surface area contributed by atoms with Crippen LogP contribution in [0, 0.1) is 10.1 Å². The van der Waals surface area contributed by atoms with Crippen LogP contribution in [0.2, 0.25) is 0 Å². The van der Waals surface area contributed by atoms with Gasteiger partial charge in [0.2, 0.25) is 5.91 Å². The van der Waals surface area contributed by atoms with E-state index in [1.807, 2.05) is 6.92 Å². The summed E-state index contributed by atoms with van der Waals surface area (Å²) in [5.41, 5.74) is 0.564. The van der Waals surface area contributed by atoms with Crippen molar-refractivity contribution in [2.24, 2.45) is 0 Å². The molecule has 3 rings (SSSR count). The van der Waals surface area contributed by atoms with Crippen LogP contribution in [0.3, 0.4) is 0 Å². The van der Waals surface area contributed by atoms with Crippen LogP contribution in [0.4, 0.5) is 5.69 Å². The highest BCUT2D eigenvalue weighted by atomic mass is 32.2. The molecule has 1 aromatic rings. The van der Waals surface area contributed by atoms with Gasteiger partial charge in [0, 0.05) is 4.92 Å². The number of carbonyl (C=O) groups excluding carboxylic acids is 2. The number of hydrogen-bond acceptors (Lipinski definition) is 8. The molecule has 2 atom stereocenters. The number of rotatable bonds is 3. The zero-order chi connectivity index (χ0) is 18.6. The molecule has 2 saturated heterocycles. The Morgan fingerprint density at radius 3 is 2.28 bits per heavy atom. The molecule has 2 aliphatic rings. The number of nitrogens with one attached hydrogen (secondary N) is 1. The average molecular weight is 416 g/mol. The number of benzene rings is 1. The normalized spacial score (nSPS) is 22.5. The summed E-state index contributed by atoms with van der Waals surface area (Å²) < 4.78 is 0.838. The Kier molecular flexibility index (Phi) is 6.87. The highest BCUT2D eigenvalue weighted by Crippen LogP contribution is 2.31. The predicted octanol–water partition coefficient (Wildman–Crippen LogP) is 2.57. The first-order valence-electron chi connectivity index (χ1n) is 7.09. The van der Waals surface area contributed by atoms with Crippen molar-refractivity contribution in [3.8, 4) is 0 Å². The van der Waals surface area contributed by atoms with E-state index < -0.39 is 16.2 Å². The standard InChI is InChI=1S/C9H6N2O3S2.C5H7NOS2/c12-7-8(11(13)14)16-9(15)10(7)6-4-2-1-3-5-6;1-2-3-4(7)6-5(8)9-3/h1-5,8H;3H,2H2,1H3,(H,6,7,8). The van der Waals surface area contributed by atoms with E-state index >= 15 is 0 Å². The highest BCUT2D eigenvalue weighted by molar-refractivity contribution is 8.25. The fourth-order valence-corrected chi connectivity index (χ4v) is 4.46. The van der Waals surface area contributed by atoms with Gasteiger partial charge in [-0.3, -0.25) is 24.6 Å². The van der Waals surface area contributed by atoms with Crippen molar-refractivity contribution in [3.05, 3.63) is 40.4 Å². The molecule has 0 aliphatic carbocycles. The Bertz CT molecular complexity index is 728. The number of thiocarbonyl (C=S) groups is 2. The molecule has 0 spiro atoms. The summed E-state index contributed by atoms with van der Waals surface area (Å²) >= 11 is 12.0. The molecule has 2 fully saturated rings. The number of carbonyl (C=O) groups is 2. The molecule has 0 radical (unpaired) electrons. The number of amides is 2. The minimum atomic E-state index is -1.31. The molecule has 25 heavy (non-hydrogen) atoms. The van der Waals surface area contributed by atoms with Crippen LogP contribution in [0.5, 0.6) is 0 Å². The molecule has 7 nitrogen and oxygen atoms in total. The maximum atomic E-state index is 11.7. The summed E-state index contributed by atoms with van der Waals surface area (Å²) in [6, 6.07) is 8.66. The summed E-state index contributed by atoms with van der Waals surface area (Å²) in [6.45, 7) is 1.98. The van der Waals surface area contributed by atoms with Crippen LogP contribution in [0.15, 0.2) is 30.3 Å². The Morgan fingerprint density at radius 2 is 1.88 bits per heavy atom. The van der Waals surface area contributed by atoms with E-state index in [9.17, 15) is 19.7 Å². The summed E-state index contributed by atoms with van der Waals surface area (Å²) in [5, 5.41) is 11.9. The summed E-state index contributed by atoms with van der Waals surface area (Å²) in [6.07, 6.45) is 0.858. The number of para-hydroxylation sites is 1. The van der Waals surface area contributed by atoms with Gasteiger partial charge in [-0.1, -0.05) is 61.3 Å². The smallest absolute Gasteiger partial charge is 0.311 e. The maximum Gasteiger partial charge on any atom is 0.342 e. The summed E-state index contributed by atoms with van der Waals surface area (Å²) in [4.78, 5) is 33.7. The van der Waals surface area contributed by atoms with Crippen molar-refractivity contribution in [3.63, 3.8) is 0 Å². The topological polar surface area (TPSA) is 92.5 Å². The third-order valence-electron chi connectivity index (χ3n) is 3.17. The molecule has 0 bridgehead atoms. The number of anilines is 1. The number of nitro groups is 1. The molecule has 2 unspecified atom stereocenters. The first-order valence-corrected chi connectivity index (χ1v) is 9.67. The molecule has 0 aromatic heterocycles. The largest absolute Gasteiger partial charge is 0.342 e. The van der Waals surface area contributed by atoms with Crippen molar-refractivity contribution in [1.82, 2.24) is 5.32 Å². The molecule has 132 valence electrons. The van der Waals surface area contributed by atoms with Gasteiger partial charge in [0.15, 0.2) is 4.32 Å². The van der Waals surface area contributed by atoms with E-state index in [2.05, 4.69) is 5.32 Å². The fraction of sp³-hybridized carbons (Fsp3) is 0.286. The molecule has 2 heterocycles. The van der Waals surface area contributed by atoms with E-state index in [0.29, 0.717) is 10.0 Å². The number of thioether (sulfide) groups is 2. The van der Waals surface area contributed by atoms with Gasteiger partial charge in [-0.15, -0.1) is 0 Å². The first kappa shape index (κ1) is 19.8. The van der Waals surface area contributed by atoms with Crippen LogP contribution in [-0.4, -0.2) is 36.0 Å². The lowest BCUT2D eigenvalue weighted by Crippen LogP contribution is -2.34. The zero-order valence-corrected chi connectivity index (χ0v) is 16.2. The third kappa shape index (κ3) is 4.75. The highest BCUT2D eigenvalue weighted by Gasteiger charge is 2.46. The second kappa shape index (κ2) is 8.70. The fourth-order valence-electron chi connectivity index (χ4n) is 2.00. The van der Waals surface area contributed by atoms with E-state index in [0.717, 1.165) is 18.2 Å². The lowest BCUT2D eigenvalue weighted by Gasteiger charge is -2.13. The molecular formula is C14H13N3O4S4.